The van der Waals surface area contributed by atoms with Gasteiger partial charge >= 0.3 is 0 Å². The number of hydrogen-bond acceptors (Lipinski definition) is 3. The van der Waals surface area contributed by atoms with Crippen LogP contribution >= 0.6 is 0 Å². The highest BCUT2D eigenvalue weighted by Gasteiger charge is 2.26. The van der Waals surface area contributed by atoms with Crippen molar-refractivity contribution in [1.82, 2.24) is 5.32 Å². The number of aryl methyl sites for hydroxylation is 1. The third-order valence-electron chi connectivity index (χ3n) is 3.57. The van der Waals surface area contributed by atoms with Gasteiger partial charge in [0.1, 0.15) is 5.75 Å². The number of aliphatic hydroxyl groups is 1. The van der Waals surface area contributed by atoms with Crippen molar-refractivity contribution < 1.29 is 10.2 Å². The summed E-state index contributed by atoms with van der Waals surface area (Å²) in [4.78, 5) is 0. The predicted octanol–water partition coefficient (Wildman–Crippen LogP) is 3.15. The molecule has 0 fully saturated rings. The maximum atomic E-state index is 10.0. The lowest BCUT2D eigenvalue weighted by Gasteiger charge is -2.34. The molecular weight excluding hydrogens is 238 g/mol. The van der Waals surface area contributed by atoms with Gasteiger partial charge in [0, 0.05) is 24.3 Å². The van der Waals surface area contributed by atoms with Crippen molar-refractivity contribution in [2.75, 3.05) is 6.61 Å². The molecule has 0 spiro atoms. The first-order valence-corrected chi connectivity index (χ1v) is 6.92. The number of benzene rings is 1. The first-order chi connectivity index (χ1) is 8.75. The number of rotatable bonds is 5. The van der Waals surface area contributed by atoms with Crippen LogP contribution in [0.25, 0.3) is 0 Å². The molecule has 2 atom stereocenters. The molecule has 0 aromatic heterocycles. The zero-order chi connectivity index (χ0) is 14.6. The molecule has 0 aliphatic carbocycles. The van der Waals surface area contributed by atoms with Gasteiger partial charge in [0.25, 0.3) is 0 Å². The topological polar surface area (TPSA) is 52.5 Å². The molecule has 0 bridgehead atoms. The number of phenolic OH excluding ortho intramolecular Hbond substituents is 1. The van der Waals surface area contributed by atoms with E-state index < -0.39 is 0 Å². The van der Waals surface area contributed by atoms with Gasteiger partial charge < -0.3 is 15.5 Å². The van der Waals surface area contributed by atoms with E-state index in [9.17, 15) is 10.2 Å². The molecule has 0 saturated heterocycles. The average Bonchev–Trinajstić information content (AvgIpc) is 2.26. The average molecular weight is 265 g/mol. The minimum atomic E-state index is 0.0522. The van der Waals surface area contributed by atoms with E-state index in [0.29, 0.717) is 12.2 Å². The number of aliphatic hydroxyl groups excluding tert-OH is 1. The summed E-state index contributed by atoms with van der Waals surface area (Å²) in [5.74, 6) is 0.330. The van der Waals surface area contributed by atoms with Gasteiger partial charge in [-0.2, -0.15) is 0 Å². The Morgan fingerprint density at radius 2 is 1.89 bits per heavy atom. The van der Waals surface area contributed by atoms with E-state index in [4.69, 9.17) is 0 Å². The van der Waals surface area contributed by atoms with Crippen LogP contribution in [0.4, 0.5) is 0 Å². The normalized spacial score (nSPS) is 15.3. The van der Waals surface area contributed by atoms with Crippen molar-refractivity contribution >= 4 is 0 Å². The van der Waals surface area contributed by atoms with Crippen LogP contribution < -0.4 is 5.32 Å². The Labute approximate surface area is 116 Å². The second kappa shape index (κ2) is 6.40. The Balaban J connectivity index is 2.84. The fraction of sp³-hybridized carbons (Fsp3) is 0.625. The highest BCUT2D eigenvalue weighted by Crippen LogP contribution is 2.29. The molecule has 0 amide bonds. The molecule has 0 radical (unpaired) electrons. The molecule has 0 aliphatic rings. The Bertz CT molecular complexity index is 410. The molecule has 1 aromatic carbocycles. The lowest BCUT2D eigenvalue weighted by molar-refractivity contribution is 0.187. The molecule has 1 rings (SSSR count). The van der Waals surface area contributed by atoms with Gasteiger partial charge in [0.2, 0.25) is 0 Å². The van der Waals surface area contributed by atoms with E-state index in [2.05, 4.69) is 26.1 Å². The van der Waals surface area contributed by atoms with Gasteiger partial charge in [-0.3, -0.25) is 0 Å². The van der Waals surface area contributed by atoms with Gasteiger partial charge in [0.05, 0.1) is 0 Å². The minimum absolute atomic E-state index is 0.0522. The summed E-state index contributed by atoms with van der Waals surface area (Å²) in [7, 11) is 0. The quantitative estimate of drug-likeness (QED) is 0.766. The van der Waals surface area contributed by atoms with E-state index >= 15 is 0 Å². The van der Waals surface area contributed by atoms with Crippen molar-refractivity contribution in [3.05, 3.63) is 29.3 Å². The Morgan fingerprint density at radius 3 is 2.37 bits per heavy atom. The summed E-state index contributed by atoms with van der Waals surface area (Å²) in [6.45, 7) is 10.6. The maximum absolute atomic E-state index is 10.0. The van der Waals surface area contributed by atoms with Crippen LogP contribution in [0, 0.1) is 12.3 Å². The first kappa shape index (κ1) is 16.0. The van der Waals surface area contributed by atoms with Crippen molar-refractivity contribution in [2.24, 2.45) is 5.41 Å². The highest BCUT2D eigenvalue weighted by atomic mass is 16.3. The fourth-order valence-electron chi connectivity index (χ4n) is 2.31. The zero-order valence-electron chi connectivity index (χ0n) is 12.7. The van der Waals surface area contributed by atoms with E-state index in [0.717, 1.165) is 11.1 Å². The number of phenols is 1. The summed E-state index contributed by atoms with van der Waals surface area (Å²) >= 11 is 0. The molecule has 3 N–H and O–H groups in total. The molecule has 0 saturated carbocycles. The van der Waals surface area contributed by atoms with Crippen molar-refractivity contribution in [1.29, 1.82) is 0 Å². The summed E-state index contributed by atoms with van der Waals surface area (Å²) in [5.41, 5.74) is 2.02. The van der Waals surface area contributed by atoms with Gasteiger partial charge in [-0.15, -0.1) is 0 Å². The van der Waals surface area contributed by atoms with Gasteiger partial charge in [0.15, 0.2) is 0 Å². The van der Waals surface area contributed by atoms with Crippen LogP contribution in [0.15, 0.2) is 18.2 Å². The second-order valence-electron chi connectivity index (χ2n) is 6.38. The van der Waals surface area contributed by atoms with Crippen LogP contribution in [0.2, 0.25) is 0 Å². The standard InChI is InChI=1S/C16H27NO2/c1-11-6-7-13(14(19)10-11)12(2)17-15(8-9-18)16(3,4)5/h6-7,10,12,15,17-19H,8-9H2,1-5H3. The minimum Gasteiger partial charge on any atom is -0.508 e. The van der Waals surface area contributed by atoms with Crippen LogP contribution in [0.3, 0.4) is 0 Å². The van der Waals surface area contributed by atoms with Crippen molar-refractivity contribution in [2.45, 2.75) is 53.1 Å². The largest absolute Gasteiger partial charge is 0.508 e. The van der Waals surface area contributed by atoms with Crippen molar-refractivity contribution in [3.63, 3.8) is 0 Å². The number of nitrogens with one attached hydrogen (secondary N) is 1. The first-order valence-electron chi connectivity index (χ1n) is 6.92. The van der Waals surface area contributed by atoms with Crippen LogP contribution in [0.1, 0.15) is 51.3 Å². The molecule has 0 aliphatic heterocycles. The molecule has 3 heteroatoms. The Kier molecular flexibility index (Phi) is 5.39. The molecule has 1 aromatic rings. The SMILES string of the molecule is Cc1ccc(C(C)NC(CCO)C(C)(C)C)c(O)c1. The van der Waals surface area contributed by atoms with Crippen LogP contribution in [-0.2, 0) is 0 Å². The molecule has 108 valence electrons. The predicted molar refractivity (Wildman–Crippen MR) is 79.3 cm³/mol. The van der Waals surface area contributed by atoms with E-state index in [1.54, 1.807) is 6.07 Å². The fourth-order valence-corrected chi connectivity index (χ4v) is 2.31. The third kappa shape index (κ3) is 4.51. The lowest BCUT2D eigenvalue weighted by Crippen LogP contribution is -2.42. The highest BCUT2D eigenvalue weighted by molar-refractivity contribution is 5.37. The summed E-state index contributed by atoms with van der Waals surface area (Å²) in [5, 5.41) is 22.7. The van der Waals surface area contributed by atoms with Gasteiger partial charge in [-0.05, 0) is 37.3 Å². The summed E-state index contributed by atoms with van der Waals surface area (Å²) in [6, 6.07) is 6.00. The summed E-state index contributed by atoms with van der Waals surface area (Å²) in [6.07, 6.45) is 0.709. The second-order valence-corrected chi connectivity index (χ2v) is 6.38. The monoisotopic (exact) mass is 265 g/mol. The Morgan fingerprint density at radius 1 is 1.26 bits per heavy atom. The third-order valence-corrected chi connectivity index (χ3v) is 3.57. The molecular formula is C16H27NO2. The molecule has 3 nitrogen and oxygen atoms in total. The molecule has 0 heterocycles. The van der Waals surface area contributed by atoms with Crippen molar-refractivity contribution in [3.8, 4) is 5.75 Å². The van der Waals surface area contributed by atoms with E-state index in [-0.39, 0.29) is 24.1 Å². The number of aromatic hydroxyl groups is 1. The van der Waals surface area contributed by atoms with Crippen LogP contribution in [0.5, 0.6) is 5.75 Å². The summed E-state index contributed by atoms with van der Waals surface area (Å²) < 4.78 is 0. The maximum Gasteiger partial charge on any atom is 0.120 e. The van der Waals surface area contributed by atoms with E-state index in [1.165, 1.54) is 0 Å². The number of hydrogen-bond donors (Lipinski definition) is 3. The Hall–Kier alpha value is -1.06. The van der Waals surface area contributed by atoms with Gasteiger partial charge in [-0.25, -0.2) is 0 Å². The lowest BCUT2D eigenvalue weighted by atomic mass is 9.84. The van der Waals surface area contributed by atoms with Gasteiger partial charge in [-0.1, -0.05) is 32.9 Å². The smallest absolute Gasteiger partial charge is 0.120 e. The molecule has 2 unspecified atom stereocenters. The van der Waals surface area contributed by atoms with E-state index in [1.807, 2.05) is 26.0 Å². The zero-order valence-corrected chi connectivity index (χ0v) is 12.7. The van der Waals surface area contributed by atoms with Crippen LogP contribution in [-0.4, -0.2) is 22.9 Å². The molecule has 19 heavy (non-hydrogen) atoms.